The van der Waals surface area contributed by atoms with Gasteiger partial charge >= 0.3 is 0 Å². The van der Waals surface area contributed by atoms with Gasteiger partial charge in [-0.3, -0.25) is 0 Å². The monoisotopic (exact) mass is 386 g/mol. The van der Waals surface area contributed by atoms with E-state index in [4.69, 9.17) is 14.2 Å². The first-order valence-corrected chi connectivity index (χ1v) is 9.60. The molecule has 2 aromatic rings. The number of anilines is 1. The molecule has 2 rings (SSSR count). The number of nitrogens with one attached hydrogen (secondary N) is 2. The summed E-state index contributed by atoms with van der Waals surface area (Å²) in [5.74, 6) is 2.13. The van der Waals surface area contributed by atoms with Gasteiger partial charge in [-0.05, 0) is 37.6 Å². The van der Waals surface area contributed by atoms with Gasteiger partial charge in [-0.15, -0.1) is 0 Å². The number of guanidine groups is 1. The van der Waals surface area contributed by atoms with Crippen LogP contribution in [0.4, 0.5) is 5.69 Å². The third-order valence-electron chi connectivity index (χ3n) is 3.71. The van der Waals surface area contributed by atoms with Crippen molar-refractivity contribution in [2.45, 2.75) is 26.8 Å². The first-order valence-electron chi connectivity index (χ1n) is 9.60. The zero-order valence-corrected chi connectivity index (χ0v) is 16.9. The molecule has 1 aromatic heterocycles. The molecular weight excluding hydrogens is 356 g/mol. The molecule has 0 saturated heterocycles. The fourth-order valence-corrected chi connectivity index (χ4v) is 2.45. The summed E-state index contributed by atoms with van der Waals surface area (Å²) < 4.78 is 16.2. The van der Waals surface area contributed by atoms with Gasteiger partial charge in [0.2, 0.25) is 5.88 Å². The van der Waals surface area contributed by atoms with E-state index in [2.05, 4.69) is 20.6 Å². The predicted octanol–water partition coefficient (Wildman–Crippen LogP) is 3.47. The Hall–Kier alpha value is -2.80. The van der Waals surface area contributed by atoms with E-state index < -0.39 is 0 Å². The molecule has 0 atom stereocenters. The van der Waals surface area contributed by atoms with Crippen LogP contribution in [0.25, 0.3) is 0 Å². The minimum atomic E-state index is 0.519. The van der Waals surface area contributed by atoms with Crippen LogP contribution in [0.1, 0.15) is 25.8 Å². The average Bonchev–Trinajstić information content (AvgIpc) is 2.71. The summed E-state index contributed by atoms with van der Waals surface area (Å²) in [5.41, 5.74) is 1.94. The summed E-state index contributed by atoms with van der Waals surface area (Å²) in [6.07, 6.45) is 2.59. The van der Waals surface area contributed by atoms with Crippen LogP contribution < -0.4 is 20.1 Å². The number of methoxy groups -OCH3 is 1. The molecule has 0 amide bonds. The second-order valence-corrected chi connectivity index (χ2v) is 5.98. The van der Waals surface area contributed by atoms with E-state index in [1.165, 1.54) is 0 Å². The number of hydrogen-bond acceptors (Lipinski definition) is 5. The van der Waals surface area contributed by atoms with Gasteiger partial charge in [0, 0.05) is 50.7 Å². The Kier molecular flexibility index (Phi) is 9.65. The molecule has 0 radical (unpaired) electrons. The normalized spacial score (nSPS) is 11.2. The highest BCUT2D eigenvalue weighted by molar-refractivity contribution is 5.93. The van der Waals surface area contributed by atoms with Crippen molar-refractivity contribution >= 4 is 11.6 Å². The maximum Gasteiger partial charge on any atom is 0.213 e. The molecule has 28 heavy (non-hydrogen) atoms. The summed E-state index contributed by atoms with van der Waals surface area (Å²) in [5, 5.41) is 6.57. The summed E-state index contributed by atoms with van der Waals surface area (Å²) in [7, 11) is 1.69. The molecule has 0 saturated carbocycles. The number of pyridine rings is 1. The Morgan fingerprint density at radius 3 is 2.79 bits per heavy atom. The number of ether oxygens (including phenoxy) is 3. The number of hydrogen-bond donors (Lipinski definition) is 2. The summed E-state index contributed by atoms with van der Waals surface area (Å²) in [4.78, 5) is 8.83. The zero-order chi connectivity index (χ0) is 20.0. The van der Waals surface area contributed by atoms with E-state index in [9.17, 15) is 0 Å². The van der Waals surface area contributed by atoms with E-state index in [0.717, 1.165) is 30.0 Å². The lowest BCUT2D eigenvalue weighted by Gasteiger charge is -2.13. The molecule has 2 N–H and O–H groups in total. The minimum absolute atomic E-state index is 0.519. The minimum Gasteiger partial charge on any atom is -0.493 e. The van der Waals surface area contributed by atoms with Crippen LogP contribution in [0.15, 0.2) is 47.6 Å². The van der Waals surface area contributed by atoms with Crippen LogP contribution in [0.2, 0.25) is 0 Å². The Bertz CT molecular complexity index is 737. The fraction of sp³-hybridized carbons (Fsp3) is 0.429. The highest BCUT2D eigenvalue weighted by Crippen LogP contribution is 2.18. The van der Waals surface area contributed by atoms with Crippen LogP contribution >= 0.6 is 0 Å². The van der Waals surface area contributed by atoms with Crippen molar-refractivity contribution in [3.8, 4) is 11.6 Å². The van der Waals surface area contributed by atoms with Gasteiger partial charge < -0.3 is 24.8 Å². The van der Waals surface area contributed by atoms with Crippen LogP contribution in [-0.2, 0) is 11.3 Å². The number of benzene rings is 1. The van der Waals surface area contributed by atoms with Crippen molar-refractivity contribution in [2.75, 3.05) is 38.8 Å². The number of aliphatic imine (C=N–C) groups is 1. The smallest absolute Gasteiger partial charge is 0.213 e. The van der Waals surface area contributed by atoms with E-state index >= 15 is 0 Å². The number of rotatable bonds is 11. The zero-order valence-electron chi connectivity index (χ0n) is 16.9. The Balaban J connectivity index is 1.99. The second kappa shape index (κ2) is 12.6. The molecule has 1 heterocycles. The van der Waals surface area contributed by atoms with Crippen molar-refractivity contribution in [3.05, 3.63) is 48.2 Å². The third kappa shape index (κ3) is 7.84. The highest BCUT2D eigenvalue weighted by atomic mass is 16.5. The van der Waals surface area contributed by atoms with E-state index in [0.29, 0.717) is 38.2 Å². The molecule has 7 nitrogen and oxygen atoms in total. The van der Waals surface area contributed by atoms with Crippen LogP contribution in [0.3, 0.4) is 0 Å². The van der Waals surface area contributed by atoms with Crippen LogP contribution in [0.5, 0.6) is 11.6 Å². The van der Waals surface area contributed by atoms with Gasteiger partial charge in [-0.25, -0.2) is 9.98 Å². The number of nitrogens with zero attached hydrogens (tertiary/aromatic N) is 2. The van der Waals surface area contributed by atoms with Crippen LogP contribution in [-0.4, -0.2) is 44.4 Å². The first-order chi connectivity index (χ1) is 13.7. The predicted molar refractivity (Wildman–Crippen MR) is 112 cm³/mol. The molecule has 0 aliphatic rings. The van der Waals surface area contributed by atoms with Gasteiger partial charge in [-0.1, -0.05) is 6.07 Å². The van der Waals surface area contributed by atoms with Crippen molar-refractivity contribution in [1.82, 2.24) is 10.3 Å². The fourth-order valence-electron chi connectivity index (χ4n) is 2.45. The maximum absolute atomic E-state index is 5.75. The Labute approximate surface area is 167 Å². The van der Waals surface area contributed by atoms with Crippen molar-refractivity contribution in [2.24, 2.45) is 4.99 Å². The summed E-state index contributed by atoms with van der Waals surface area (Å²) >= 11 is 0. The molecule has 0 spiro atoms. The quantitative estimate of drug-likeness (QED) is 0.350. The summed E-state index contributed by atoms with van der Waals surface area (Å²) in [6, 6.07) is 11.7. The van der Waals surface area contributed by atoms with Crippen LogP contribution in [0, 0.1) is 0 Å². The Morgan fingerprint density at radius 1 is 1.11 bits per heavy atom. The third-order valence-corrected chi connectivity index (χ3v) is 3.71. The van der Waals surface area contributed by atoms with Gasteiger partial charge in [0.1, 0.15) is 5.75 Å². The van der Waals surface area contributed by atoms with Gasteiger partial charge in [0.25, 0.3) is 0 Å². The Morgan fingerprint density at radius 2 is 2.00 bits per heavy atom. The average molecular weight is 386 g/mol. The summed E-state index contributed by atoms with van der Waals surface area (Å²) in [6.45, 7) is 7.16. The first kappa shape index (κ1) is 21.5. The maximum atomic E-state index is 5.75. The van der Waals surface area contributed by atoms with E-state index in [-0.39, 0.29) is 0 Å². The molecule has 0 aliphatic heterocycles. The molecular formula is C21H30N4O3. The van der Waals surface area contributed by atoms with E-state index in [1.54, 1.807) is 13.3 Å². The van der Waals surface area contributed by atoms with Gasteiger partial charge in [0.05, 0.1) is 19.8 Å². The van der Waals surface area contributed by atoms with E-state index in [1.807, 2.05) is 50.2 Å². The van der Waals surface area contributed by atoms with Crippen molar-refractivity contribution in [3.63, 3.8) is 0 Å². The molecule has 0 fully saturated rings. The van der Waals surface area contributed by atoms with Gasteiger partial charge in [-0.2, -0.15) is 0 Å². The van der Waals surface area contributed by atoms with Crippen molar-refractivity contribution in [1.29, 1.82) is 0 Å². The molecule has 7 heteroatoms. The lowest BCUT2D eigenvalue weighted by Crippen LogP contribution is -2.30. The standard InChI is InChI=1S/C21H30N4O3/c1-4-22-21(24-16-17-10-11-23-20(14-17)27-5-2)25-18-8-6-9-19(15-18)28-13-7-12-26-3/h6,8-11,14-15H,4-5,7,12-13,16H2,1-3H3,(H2,22,24,25). The van der Waals surface area contributed by atoms with Gasteiger partial charge in [0.15, 0.2) is 5.96 Å². The molecule has 152 valence electrons. The highest BCUT2D eigenvalue weighted by Gasteiger charge is 2.03. The molecule has 1 aromatic carbocycles. The molecule has 0 bridgehead atoms. The lowest BCUT2D eigenvalue weighted by molar-refractivity contribution is 0.172. The molecule has 0 unspecified atom stereocenters. The largest absolute Gasteiger partial charge is 0.493 e. The van der Waals surface area contributed by atoms with Crippen molar-refractivity contribution < 1.29 is 14.2 Å². The second-order valence-electron chi connectivity index (χ2n) is 5.98. The molecule has 0 aliphatic carbocycles. The number of aromatic nitrogens is 1. The SMILES string of the molecule is CCNC(=NCc1ccnc(OCC)c1)Nc1cccc(OCCCOC)c1. The topological polar surface area (TPSA) is 77.0 Å². The lowest BCUT2D eigenvalue weighted by atomic mass is 10.2.